The Kier molecular flexibility index (Phi) is 6.08. The molecule has 0 radical (unpaired) electrons. The Morgan fingerprint density at radius 3 is 2.46 bits per heavy atom. The topological polar surface area (TPSA) is 107 Å². The van der Waals surface area contributed by atoms with E-state index in [1.165, 1.54) is 43.4 Å². The van der Waals surface area contributed by atoms with E-state index >= 15 is 0 Å². The molecule has 0 fully saturated rings. The molecule has 1 aromatic heterocycles. The number of likely N-dealkylation sites (N-methyl/N-ethyl adjacent to an activating group) is 1. The summed E-state index contributed by atoms with van der Waals surface area (Å²) in [6, 6.07) is 13.2. The maximum Gasteiger partial charge on any atom is 0.261 e. The third kappa shape index (κ3) is 4.49. The summed E-state index contributed by atoms with van der Waals surface area (Å²) in [6.45, 7) is 0. The van der Waals surface area contributed by atoms with Gasteiger partial charge in [-0.1, -0.05) is 0 Å². The van der Waals surface area contributed by atoms with Crippen molar-refractivity contribution < 1.29 is 31.8 Å². The molecule has 0 bridgehead atoms. The fourth-order valence-electron chi connectivity index (χ4n) is 4.12. The van der Waals surface area contributed by atoms with Gasteiger partial charge in [0.1, 0.15) is 11.5 Å². The van der Waals surface area contributed by atoms with Crippen molar-refractivity contribution >= 4 is 38.2 Å². The minimum Gasteiger partial charge on any atom is -0.493 e. The van der Waals surface area contributed by atoms with E-state index in [2.05, 4.69) is 9.71 Å². The Bertz CT molecular complexity index is 1660. The van der Waals surface area contributed by atoms with Gasteiger partial charge in [-0.3, -0.25) is 14.5 Å². The number of aromatic nitrogens is 1. The number of methoxy groups -OCH3 is 2. The molecule has 1 aliphatic rings. The number of halogens is 1. The summed E-state index contributed by atoms with van der Waals surface area (Å²) in [5.74, 6) is 0.585. The van der Waals surface area contributed by atoms with Crippen LogP contribution < -0.4 is 23.8 Å². The van der Waals surface area contributed by atoms with E-state index in [1.807, 2.05) is 0 Å². The van der Waals surface area contributed by atoms with Crippen LogP contribution in [0.25, 0.3) is 10.9 Å². The summed E-state index contributed by atoms with van der Waals surface area (Å²) in [5, 5.41) is 0.617. The predicted octanol–water partition coefficient (Wildman–Crippen LogP) is 4.50. The summed E-state index contributed by atoms with van der Waals surface area (Å²) in [7, 11) is 0.555. The lowest BCUT2D eigenvalue weighted by molar-refractivity contribution is -0.117. The first-order valence-electron chi connectivity index (χ1n) is 11.1. The van der Waals surface area contributed by atoms with Gasteiger partial charge in [0.25, 0.3) is 10.0 Å². The van der Waals surface area contributed by atoms with E-state index in [1.54, 1.807) is 37.5 Å². The van der Waals surface area contributed by atoms with E-state index in [4.69, 9.17) is 14.2 Å². The van der Waals surface area contributed by atoms with Crippen molar-refractivity contribution in [3.63, 3.8) is 0 Å². The third-order valence-corrected chi connectivity index (χ3v) is 7.42. The van der Waals surface area contributed by atoms with Gasteiger partial charge < -0.3 is 19.1 Å². The molecular weight excluding hydrogens is 501 g/mol. The number of sulfonamides is 1. The van der Waals surface area contributed by atoms with Crippen molar-refractivity contribution in [2.75, 3.05) is 30.9 Å². The highest BCUT2D eigenvalue weighted by Gasteiger charge is 2.26. The molecule has 1 aliphatic heterocycles. The van der Waals surface area contributed by atoms with Crippen molar-refractivity contribution in [3.8, 4) is 23.0 Å². The van der Waals surface area contributed by atoms with Crippen LogP contribution in [0.15, 0.2) is 65.7 Å². The number of ether oxygens (including phenoxy) is 3. The second kappa shape index (κ2) is 9.25. The molecule has 0 saturated heterocycles. The van der Waals surface area contributed by atoms with Gasteiger partial charge in [-0.15, -0.1) is 0 Å². The number of hydrogen-bond acceptors (Lipinski definition) is 7. The van der Waals surface area contributed by atoms with Gasteiger partial charge in [-0.05, 0) is 48.0 Å². The van der Waals surface area contributed by atoms with Gasteiger partial charge >= 0.3 is 0 Å². The van der Waals surface area contributed by atoms with Crippen LogP contribution >= 0.6 is 0 Å². The Hall–Kier alpha value is -4.38. The van der Waals surface area contributed by atoms with Crippen molar-refractivity contribution in [1.82, 2.24) is 4.98 Å². The van der Waals surface area contributed by atoms with Crippen LogP contribution in [-0.2, 0) is 21.2 Å². The highest BCUT2D eigenvalue weighted by atomic mass is 32.2. The van der Waals surface area contributed by atoms with Crippen molar-refractivity contribution in [3.05, 3.63) is 72.2 Å². The number of pyridine rings is 1. The fourth-order valence-corrected chi connectivity index (χ4v) is 5.24. The minimum atomic E-state index is -4.10. The number of hydrogen-bond donors (Lipinski definition) is 1. The second-order valence-electron chi connectivity index (χ2n) is 8.30. The van der Waals surface area contributed by atoms with E-state index in [0.717, 1.165) is 6.07 Å². The van der Waals surface area contributed by atoms with Gasteiger partial charge in [0.05, 0.1) is 36.7 Å². The largest absolute Gasteiger partial charge is 0.493 e. The highest BCUT2D eigenvalue weighted by molar-refractivity contribution is 7.92. The Morgan fingerprint density at radius 1 is 0.973 bits per heavy atom. The molecule has 1 N–H and O–H groups in total. The van der Waals surface area contributed by atoms with E-state index in [-0.39, 0.29) is 28.7 Å². The Labute approximate surface area is 212 Å². The number of nitrogens with one attached hydrogen (secondary N) is 1. The lowest BCUT2D eigenvalue weighted by Gasteiger charge is -2.14. The molecule has 11 heteroatoms. The molecule has 0 saturated carbocycles. The molecule has 0 aliphatic carbocycles. The molecular formula is C26H22FN3O6S. The predicted molar refractivity (Wildman–Crippen MR) is 136 cm³/mol. The van der Waals surface area contributed by atoms with Crippen LogP contribution in [0.1, 0.15) is 5.56 Å². The van der Waals surface area contributed by atoms with Gasteiger partial charge in [-0.2, -0.15) is 0 Å². The zero-order valence-electron chi connectivity index (χ0n) is 20.1. The van der Waals surface area contributed by atoms with E-state index < -0.39 is 15.8 Å². The number of nitrogens with zero attached hydrogens (tertiary/aromatic N) is 2. The normalized spacial score (nSPS) is 13.0. The fraction of sp³-hybridized carbons (Fsp3) is 0.154. The number of rotatable bonds is 7. The molecule has 4 aromatic rings. The number of benzene rings is 3. The maximum atomic E-state index is 14.9. The number of anilines is 2. The molecule has 37 heavy (non-hydrogen) atoms. The molecule has 3 aromatic carbocycles. The van der Waals surface area contributed by atoms with E-state index in [0.29, 0.717) is 39.4 Å². The van der Waals surface area contributed by atoms with Crippen LogP contribution in [0, 0.1) is 5.82 Å². The molecule has 0 spiro atoms. The van der Waals surface area contributed by atoms with Crippen molar-refractivity contribution in [2.24, 2.45) is 0 Å². The van der Waals surface area contributed by atoms with E-state index in [9.17, 15) is 17.6 Å². The molecule has 1 amide bonds. The van der Waals surface area contributed by atoms with Crippen LogP contribution in [0.3, 0.4) is 0 Å². The molecule has 5 rings (SSSR count). The van der Waals surface area contributed by atoms with Crippen molar-refractivity contribution in [1.29, 1.82) is 0 Å². The quantitative estimate of drug-likeness (QED) is 0.380. The summed E-state index contributed by atoms with van der Waals surface area (Å²) in [6.07, 6.45) is 1.66. The summed E-state index contributed by atoms with van der Waals surface area (Å²) in [4.78, 5) is 17.6. The lowest BCUT2D eigenvalue weighted by atomic mass is 10.2. The van der Waals surface area contributed by atoms with Crippen LogP contribution in [-0.4, -0.2) is 40.6 Å². The molecule has 0 atom stereocenters. The van der Waals surface area contributed by atoms with Gasteiger partial charge in [-0.25, -0.2) is 12.8 Å². The number of carbonyl (C=O) groups is 1. The van der Waals surface area contributed by atoms with Gasteiger partial charge in [0, 0.05) is 36.5 Å². The summed E-state index contributed by atoms with van der Waals surface area (Å²) >= 11 is 0. The first-order chi connectivity index (χ1) is 17.7. The maximum absolute atomic E-state index is 14.9. The third-order valence-electron chi connectivity index (χ3n) is 6.06. The first-order valence-corrected chi connectivity index (χ1v) is 12.6. The SMILES string of the molecule is COc1cc2nccc(Oc3ccc(NS(=O)(=O)c4ccc5c(c4)CC(=O)N5C)c(F)c3)c2cc1OC. The van der Waals surface area contributed by atoms with Crippen LogP contribution in [0.4, 0.5) is 15.8 Å². The number of fused-ring (bicyclic) bond motifs is 2. The molecule has 190 valence electrons. The summed E-state index contributed by atoms with van der Waals surface area (Å²) < 4.78 is 59.6. The average molecular weight is 524 g/mol. The van der Waals surface area contributed by atoms with Crippen LogP contribution in [0.2, 0.25) is 0 Å². The first kappa shape index (κ1) is 24.3. The number of amides is 1. The van der Waals surface area contributed by atoms with Crippen molar-refractivity contribution in [2.45, 2.75) is 11.3 Å². The number of carbonyl (C=O) groups excluding carboxylic acids is 1. The average Bonchev–Trinajstić information content (AvgIpc) is 3.17. The molecule has 0 unspecified atom stereocenters. The zero-order chi connectivity index (χ0) is 26.3. The summed E-state index contributed by atoms with van der Waals surface area (Å²) in [5.41, 5.74) is 1.59. The molecule has 2 heterocycles. The smallest absolute Gasteiger partial charge is 0.261 e. The minimum absolute atomic E-state index is 0.0679. The standard InChI is InChI=1S/C26H22FN3O6S/c1-30-22-7-5-17(10-15(22)11-26(30)31)37(32,33)29-20-6-4-16(12-19(20)27)36-23-8-9-28-21-14-25(35-3)24(34-2)13-18(21)23/h4-10,12-14,29H,11H2,1-3H3. The Morgan fingerprint density at radius 2 is 1.73 bits per heavy atom. The van der Waals surface area contributed by atoms with Crippen LogP contribution in [0.5, 0.6) is 23.0 Å². The molecule has 9 nitrogen and oxygen atoms in total. The highest BCUT2D eigenvalue weighted by Crippen LogP contribution is 2.37. The Balaban J connectivity index is 1.40. The lowest BCUT2D eigenvalue weighted by Crippen LogP contribution is -2.20. The monoisotopic (exact) mass is 523 g/mol. The zero-order valence-corrected chi connectivity index (χ0v) is 20.9. The van der Waals surface area contributed by atoms with Gasteiger partial charge in [0.2, 0.25) is 5.91 Å². The van der Waals surface area contributed by atoms with Gasteiger partial charge in [0.15, 0.2) is 17.3 Å². The second-order valence-corrected chi connectivity index (χ2v) is 9.99.